The van der Waals surface area contributed by atoms with E-state index in [0.717, 1.165) is 16.7 Å². The molecule has 0 saturated carbocycles. The number of aromatic nitrogens is 3. The van der Waals surface area contributed by atoms with Gasteiger partial charge in [-0.2, -0.15) is 15.4 Å². The molecule has 0 bridgehead atoms. The molecule has 1 aromatic heterocycles. The molecule has 0 unspecified atom stereocenters. The Hall–Kier alpha value is -5.23. The van der Waals surface area contributed by atoms with Crippen molar-refractivity contribution in [2.45, 2.75) is 31.7 Å². The number of aromatic amines is 1. The third-order valence-corrected chi connectivity index (χ3v) is 7.78. The predicted molar refractivity (Wildman–Crippen MR) is 158 cm³/mol. The average molecular weight is 581 g/mol. The number of piperazine rings is 1. The third-order valence-electron chi connectivity index (χ3n) is 7.78. The highest BCUT2D eigenvalue weighted by Gasteiger charge is 2.51. The Labute approximate surface area is 248 Å². The highest BCUT2D eigenvalue weighted by atomic mass is 16.3. The maximum Gasteiger partial charge on any atom is 0.334 e. The molecule has 43 heavy (non-hydrogen) atoms. The highest BCUT2D eigenvalue weighted by Crippen LogP contribution is 2.30. The van der Waals surface area contributed by atoms with Gasteiger partial charge in [-0.25, -0.2) is 14.8 Å². The molecule has 0 radical (unpaired) electrons. The van der Waals surface area contributed by atoms with Crippen LogP contribution in [0.4, 0.5) is 4.79 Å². The summed E-state index contributed by atoms with van der Waals surface area (Å²) in [6.07, 6.45) is 1.11. The first-order valence-electron chi connectivity index (χ1n) is 14.1. The molecule has 4 aromatic rings. The highest BCUT2D eigenvalue weighted by molar-refractivity contribution is 5.92. The fourth-order valence-corrected chi connectivity index (χ4v) is 5.76. The number of hydrogen-bond donors (Lipinski definition) is 3. The van der Waals surface area contributed by atoms with Crippen LogP contribution in [0.5, 0.6) is 5.75 Å². The number of fused-ring (bicyclic) bond motifs is 2. The SMILES string of the molecule is C=CCN1CC(=O)N2[C@@H](Cc3ccc(O)cc3)C(=O)N(Cc3ccc4n[nH]nc4c3)C[C@@H]2N1C(=O)NCc1ccccc1. The molecule has 12 heteroatoms. The van der Waals surface area contributed by atoms with E-state index >= 15 is 0 Å². The van der Waals surface area contributed by atoms with Gasteiger partial charge in [-0.1, -0.05) is 54.6 Å². The van der Waals surface area contributed by atoms with Gasteiger partial charge in [0.2, 0.25) is 11.8 Å². The minimum Gasteiger partial charge on any atom is -0.508 e. The first kappa shape index (κ1) is 27.9. The van der Waals surface area contributed by atoms with Crippen LogP contribution in [-0.2, 0) is 29.1 Å². The summed E-state index contributed by atoms with van der Waals surface area (Å²) < 4.78 is 0. The van der Waals surface area contributed by atoms with Gasteiger partial charge in [0.25, 0.3) is 0 Å². The Balaban J connectivity index is 1.34. The Kier molecular flexibility index (Phi) is 7.75. The normalized spacial score (nSPS) is 19.0. The van der Waals surface area contributed by atoms with E-state index < -0.39 is 12.2 Å². The van der Waals surface area contributed by atoms with Gasteiger partial charge in [0.1, 0.15) is 29.0 Å². The fourth-order valence-electron chi connectivity index (χ4n) is 5.76. The van der Waals surface area contributed by atoms with Crippen molar-refractivity contribution in [3.05, 3.63) is 102 Å². The van der Waals surface area contributed by atoms with Crippen LogP contribution in [0.15, 0.2) is 85.5 Å². The van der Waals surface area contributed by atoms with E-state index in [-0.39, 0.29) is 56.2 Å². The first-order chi connectivity index (χ1) is 20.9. The molecule has 2 saturated heterocycles. The van der Waals surface area contributed by atoms with Gasteiger partial charge >= 0.3 is 6.03 Å². The van der Waals surface area contributed by atoms with Crippen molar-refractivity contribution < 1.29 is 19.5 Å². The maximum atomic E-state index is 14.1. The zero-order chi connectivity index (χ0) is 29.9. The van der Waals surface area contributed by atoms with Crippen LogP contribution < -0.4 is 5.32 Å². The number of amides is 4. The third kappa shape index (κ3) is 5.77. The predicted octanol–water partition coefficient (Wildman–Crippen LogP) is 2.40. The summed E-state index contributed by atoms with van der Waals surface area (Å²) in [6.45, 7) is 4.69. The molecular formula is C31H32N8O4. The number of nitrogens with zero attached hydrogens (tertiary/aromatic N) is 6. The summed E-state index contributed by atoms with van der Waals surface area (Å²) in [5, 5.41) is 26.9. The van der Waals surface area contributed by atoms with E-state index in [4.69, 9.17) is 0 Å². The lowest BCUT2D eigenvalue weighted by Gasteiger charge is -2.55. The molecule has 12 nitrogen and oxygen atoms in total. The van der Waals surface area contributed by atoms with E-state index in [1.54, 1.807) is 50.2 Å². The number of H-pyrrole nitrogens is 1. The van der Waals surface area contributed by atoms with Crippen LogP contribution in [0.3, 0.4) is 0 Å². The molecule has 220 valence electrons. The Morgan fingerprint density at radius 1 is 1.00 bits per heavy atom. The number of hydrazine groups is 1. The quantitative estimate of drug-likeness (QED) is 0.272. The summed E-state index contributed by atoms with van der Waals surface area (Å²) in [5.41, 5.74) is 3.95. The number of carbonyl (C=O) groups excluding carboxylic acids is 3. The van der Waals surface area contributed by atoms with Crippen molar-refractivity contribution in [1.82, 2.24) is 40.5 Å². The van der Waals surface area contributed by atoms with Crippen molar-refractivity contribution in [1.29, 1.82) is 0 Å². The van der Waals surface area contributed by atoms with E-state index in [1.807, 2.05) is 48.5 Å². The van der Waals surface area contributed by atoms with E-state index in [9.17, 15) is 19.5 Å². The van der Waals surface area contributed by atoms with Crippen molar-refractivity contribution in [3.8, 4) is 5.75 Å². The first-order valence-corrected chi connectivity index (χ1v) is 14.1. The maximum absolute atomic E-state index is 14.1. The summed E-state index contributed by atoms with van der Waals surface area (Å²) >= 11 is 0. The Morgan fingerprint density at radius 3 is 2.51 bits per heavy atom. The molecule has 2 aliphatic rings. The number of urea groups is 1. The molecule has 3 heterocycles. The smallest absolute Gasteiger partial charge is 0.334 e. The molecule has 0 aliphatic carbocycles. The van der Waals surface area contributed by atoms with Gasteiger partial charge in [0, 0.05) is 26.1 Å². The van der Waals surface area contributed by atoms with E-state index in [0.29, 0.717) is 17.6 Å². The molecule has 2 fully saturated rings. The minimum absolute atomic E-state index is 0.0799. The summed E-state index contributed by atoms with van der Waals surface area (Å²) in [4.78, 5) is 44.9. The average Bonchev–Trinajstić information content (AvgIpc) is 3.48. The number of hydrogen-bond acceptors (Lipinski definition) is 7. The van der Waals surface area contributed by atoms with Gasteiger partial charge in [0.05, 0.1) is 13.1 Å². The molecule has 4 amide bonds. The van der Waals surface area contributed by atoms with Crippen molar-refractivity contribution in [2.24, 2.45) is 0 Å². The summed E-state index contributed by atoms with van der Waals surface area (Å²) in [6, 6.07) is 20.5. The van der Waals surface area contributed by atoms with Crippen molar-refractivity contribution >= 4 is 28.9 Å². The summed E-state index contributed by atoms with van der Waals surface area (Å²) in [7, 11) is 0. The van der Waals surface area contributed by atoms with Crippen LogP contribution >= 0.6 is 0 Å². The van der Waals surface area contributed by atoms with Gasteiger partial charge in [-0.05, 0) is 41.0 Å². The molecule has 3 aromatic carbocycles. The number of carbonyl (C=O) groups is 3. The molecule has 6 rings (SSSR count). The zero-order valence-corrected chi connectivity index (χ0v) is 23.5. The van der Waals surface area contributed by atoms with E-state index in [2.05, 4.69) is 27.3 Å². The second kappa shape index (κ2) is 11.9. The van der Waals surface area contributed by atoms with Crippen molar-refractivity contribution in [2.75, 3.05) is 19.6 Å². The van der Waals surface area contributed by atoms with Crippen LogP contribution in [0.1, 0.15) is 16.7 Å². The largest absolute Gasteiger partial charge is 0.508 e. The van der Waals surface area contributed by atoms with Gasteiger partial charge in [-0.15, -0.1) is 6.58 Å². The van der Waals surface area contributed by atoms with Crippen LogP contribution in [0, 0.1) is 0 Å². The standard InChI is InChI=1S/C31H32N8O4/c1-2-14-37-20-29(41)38-27(16-21-8-11-24(40)12-9-21)30(42)36(18-23-10-13-25-26(15-23)34-35-33-25)19-28(38)39(37)31(43)32-17-22-6-4-3-5-7-22/h2-13,15,27-28,40H,1,14,16-20H2,(H,32,43)(H,33,34,35)/t27-,28-/m0/s1. The lowest BCUT2D eigenvalue weighted by molar-refractivity contribution is -0.189. The van der Waals surface area contributed by atoms with Gasteiger partial charge in [0.15, 0.2) is 0 Å². The lowest BCUT2D eigenvalue weighted by Crippen LogP contribution is -2.76. The number of rotatable bonds is 8. The van der Waals surface area contributed by atoms with Crippen molar-refractivity contribution in [3.63, 3.8) is 0 Å². The fraction of sp³-hybridized carbons (Fsp3) is 0.258. The molecule has 2 atom stereocenters. The minimum atomic E-state index is -0.859. The second-order valence-electron chi connectivity index (χ2n) is 10.7. The number of benzene rings is 3. The topological polar surface area (TPSA) is 138 Å². The number of nitrogens with one attached hydrogen (secondary N) is 2. The Bertz CT molecular complexity index is 1640. The van der Waals surface area contributed by atoms with Gasteiger partial charge < -0.3 is 20.2 Å². The van der Waals surface area contributed by atoms with Gasteiger partial charge in [-0.3, -0.25) is 9.59 Å². The summed E-state index contributed by atoms with van der Waals surface area (Å²) in [5.74, 6) is -0.364. The number of phenolic OH excluding ortho intramolecular Hbond substituents is 1. The molecule has 2 aliphatic heterocycles. The second-order valence-corrected chi connectivity index (χ2v) is 10.7. The van der Waals surface area contributed by atoms with E-state index in [1.165, 1.54) is 0 Å². The lowest BCUT2D eigenvalue weighted by atomic mass is 9.98. The Morgan fingerprint density at radius 2 is 1.74 bits per heavy atom. The molecule has 0 spiro atoms. The molecular weight excluding hydrogens is 548 g/mol. The van der Waals surface area contributed by atoms with Crippen LogP contribution in [0.25, 0.3) is 11.0 Å². The monoisotopic (exact) mass is 580 g/mol. The van der Waals surface area contributed by atoms with Crippen LogP contribution in [0.2, 0.25) is 0 Å². The number of phenols is 1. The zero-order valence-electron chi connectivity index (χ0n) is 23.5. The number of aromatic hydroxyl groups is 1. The van der Waals surface area contributed by atoms with Crippen LogP contribution in [-0.4, -0.2) is 90.0 Å². The molecule has 3 N–H and O–H groups in total.